The summed E-state index contributed by atoms with van der Waals surface area (Å²) in [5, 5.41) is 1.69. The van der Waals surface area contributed by atoms with Crippen molar-refractivity contribution in [1.82, 2.24) is 0 Å². The predicted molar refractivity (Wildman–Crippen MR) is 91.5 cm³/mol. The van der Waals surface area contributed by atoms with E-state index in [4.69, 9.17) is 4.74 Å². The summed E-state index contributed by atoms with van der Waals surface area (Å²) >= 11 is 0. The number of carbonyl (C=O) groups excluding carboxylic acids is 1. The lowest BCUT2D eigenvalue weighted by atomic mass is 10.1. The second kappa shape index (κ2) is 7.01. The average molecular weight is 339 g/mol. The van der Waals surface area contributed by atoms with Crippen LogP contribution in [0.3, 0.4) is 0 Å². The molecular formula is C17H25NO4S. The molecule has 1 heterocycles. The first-order valence-corrected chi connectivity index (χ1v) is 9.64. The Labute approximate surface area is 138 Å². The van der Waals surface area contributed by atoms with Crippen LogP contribution in [0.4, 0.5) is 5.69 Å². The molecule has 1 fully saturated rings. The second-order valence-electron chi connectivity index (χ2n) is 6.37. The van der Waals surface area contributed by atoms with Crippen LogP contribution in [0.1, 0.15) is 36.5 Å². The van der Waals surface area contributed by atoms with E-state index in [0.29, 0.717) is 12.3 Å². The zero-order valence-electron chi connectivity index (χ0n) is 14.2. The highest BCUT2D eigenvalue weighted by atomic mass is 32.2. The molecule has 5 nitrogen and oxygen atoms in total. The van der Waals surface area contributed by atoms with E-state index in [1.807, 2.05) is 32.9 Å². The second-order valence-corrected chi connectivity index (χ2v) is 8.74. The Bertz CT molecular complexity index is 668. The third-order valence-corrected chi connectivity index (χ3v) is 6.40. The van der Waals surface area contributed by atoms with E-state index < -0.39 is 21.0 Å². The van der Waals surface area contributed by atoms with Gasteiger partial charge in [-0.25, -0.2) is 8.42 Å². The summed E-state index contributed by atoms with van der Waals surface area (Å²) in [6.45, 7) is 7.84. The molecule has 6 heteroatoms. The number of hydrogen-bond acceptors (Lipinski definition) is 4. The zero-order chi connectivity index (χ0) is 17.2. The van der Waals surface area contributed by atoms with Gasteiger partial charge in [0.05, 0.1) is 11.9 Å². The molecule has 23 heavy (non-hydrogen) atoms. The molecule has 1 saturated heterocycles. The van der Waals surface area contributed by atoms with Crippen molar-refractivity contribution in [2.24, 2.45) is 0 Å². The van der Waals surface area contributed by atoms with Crippen LogP contribution in [0, 0.1) is 20.8 Å². The summed E-state index contributed by atoms with van der Waals surface area (Å²) < 4.78 is 30.2. The largest absolute Gasteiger partial charge is 0.377 e. The fraction of sp³-hybridized carbons (Fsp3) is 0.588. The van der Waals surface area contributed by atoms with Gasteiger partial charge in [-0.05, 0) is 51.7 Å². The Morgan fingerprint density at radius 1 is 1.30 bits per heavy atom. The van der Waals surface area contributed by atoms with Crippen LogP contribution in [0.15, 0.2) is 12.1 Å². The van der Waals surface area contributed by atoms with E-state index >= 15 is 0 Å². The van der Waals surface area contributed by atoms with E-state index in [0.717, 1.165) is 29.5 Å². The quantitative estimate of drug-likeness (QED) is 0.895. The van der Waals surface area contributed by atoms with Crippen molar-refractivity contribution in [2.75, 3.05) is 17.7 Å². The highest BCUT2D eigenvalue weighted by molar-refractivity contribution is 7.92. The zero-order valence-corrected chi connectivity index (χ0v) is 15.0. The van der Waals surface area contributed by atoms with Crippen LogP contribution >= 0.6 is 0 Å². The lowest BCUT2D eigenvalue weighted by Gasteiger charge is -2.18. The van der Waals surface area contributed by atoms with E-state index in [1.54, 1.807) is 0 Å². The van der Waals surface area contributed by atoms with Gasteiger partial charge in [0.2, 0.25) is 5.91 Å². The minimum atomic E-state index is -3.53. The van der Waals surface area contributed by atoms with Crippen LogP contribution in [-0.4, -0.2) is 38.0 Å². The van der Waals surface area contributed by atoms with Gasteiger partial charge in [0, 0.05) is 12.3 Å². The van der Waals surface area contributed by atoms with Crippen LogP contribution in [0.2, 0.25) is 0 Å². The lowest BCUT2D eigenvalue weighted by molar-refractivity contribution is -0.115. The third-order valence-electron chi connectivity index (χ3n) is 4.28. The predicted octanol–water partition coefficient (Wildman–Crippen LogP) is 2.53. The highest BCUT2D eigenvalue weighted by Gasteiger charge is 2.32. The van der Waals surface area contributed by atoms with Gasteiger partial charge in [-0.2, -0.15) is 0 Å². The minimum absolute atomic E-state index is 0.0898. The van der Waals surface area contributed by atoms with Crippen molar-refractivity contribution >= 4 is 21.4 Å². The Balaban J connectivity index is 2.10. The van der Waals surface area contributed by atoms with E-state index in [9.17, 15) is 13.2 Å². The molecule has 1 amide bonds. The molecule has 0 saturated carbocycles. The first-order chi connectivity index (χ1) is 10.7. The van der Waals surface area contributed by atoms with Crippen LogP contribution < -0.4 is 5.32 Å². The first kappa shape index (κ1) is 17.9. The highest BCUT2D eigenvalue weighted by Crippen LogP contribution is 2.23. The van der Waals surface area contributed by atoms with Gasteiger partial charge >= 0.3 is 0 Å². The van der Waals surface area contributed by atoms with Gasteiger partial charge in [-0.15, -0.1) is 0 Å². The summed E-state index contributed by atoms with van der Waals surface area (Å²) in [5.41, 5.74) is 3.66. The topological polar surface area (TPSA) is 72.5 Å². The SMILES string of the molecule is Cc1cc(C)c(NC(=O)[C@@H](C)S(=O)(=O)C[C@@H]2CCCO2)c(C)c1. The summed E-state index contributed by atoms with van der Waals surface area (Å²) in [5.74, 6) is -0.578. The molecule has 128 valence electrons. The fourth-order valence-electron chi connectivity index (χ4n) is 2.94. The summed E-state index contributed by atoms with van der Waals surface area (Å²) in [6.07, 6.45) is 1.34. The molecule has 1 aromatic carbocycles. The minimum Gasteiger partial charge on any atom is -0.377 e. The number of rotatable bonds is 5. The number of carbonyl (C=O) groups is 1. The Morgan fingerprint density at radius 3 is 2.43 bits per heavy atom. The number of amides is 1. The van der Waals surface area contributed by atoms with Crippen LogP contribution in [0.5, 0.6) is 0 Å². The maximum Gasteiger partial charge on any atom is 0.242 e. The van der Waals surface area contributed by atoms with Crippen molar-refractivity contribution in [3.05, 3.63) is 28.8 Å². The Morgan fingerprint density at radius 2 is 1.91 bits per heavy atom. The maximum atomic E-state index is 12.4. The summed E-state index contributed by atoms with van der Waals surface area (Å²) in [6, 6.07) is 3.93. The van der Waals surface area contributed by atoms with Gasteiger partial charge in [-0.1, -0.05) is 17.7 Å². The van der Waals surface area contributed by atoms with Crippen molar-refractivity contribution in [3.8, 4) is 0 Å². The van der Waals surface area contributed by atoms with Crippen molar-refractivity contribution in [3.63, 3.8) is 0 Å². The van der Waals surface area contributed by atoms with Gasteiger partial charge in [0.1, 0.15) is 5.25 Å². The number of nitrogens with one attached hydrogen (secondary N) is 1. The number of anilines is 1. The molecule has 2 atom stereocenters. The molecule has 0 spiro atoms. The lowest BCUT2D eigenvalue weighted by Crippen LogP contribution is -2.37. The molecule has 0 unspecified atom stereocenters. The number of benzene rings is 1. The molecule has 0 radical (unpaired) electrons. The molecular weight excluding hydrogens is 314 g/mol. The number of sulfone groups is 1. The van der Waals surface area contributed by atoms with E-state index in [-0.39, 0.29) is 11.9 Å². The molecule has 0 aromatic heterocycles. The molecule has 1 aromatic rings. The Kier molecular flexibility index (Phi) is 5.47. The maximum absolute atomic E-state index is 12.4. The first-order valence-electron chi connectivity index (χ1n) is 7.92. The van der Waals surface area contributed by atoms with Gasteiger partial charge in [0.25, 0.3) is 0 Å². The number of aryl methyl sites for hydroxylation is 3. The number of ether oxygens (including phenoxy) is 1. The smallest absolute Gasteiger partial charge is 0.242 e. The molecule has 0 aliphatic carbocycles. The van der Waals surface area contributed by atoms with Crippen molar-refractivity contribution in [2.45, 2.75) is 51.9 Å². The summed E-state index contributed by atoms with van der Waals surface area (Å²) in [4.78, 5) is 12.4. The molecule has 1 N–H and O–H groups in total. The van der Waals surface area contributed by atoms with Crippen LogP contribution in [-0.2, 0) is 19.4 Å². The van der Waals surface area contributed by atoms with Crippen molar-refractivity contribution in [1.29, 1.82) is 0 Å². The monoisotopic (exact) mass is 339 g/mol. The fourth-order valence-corrected chi connectivity index (χ4v) is 4.40. The van der Waals surface area contributed by atoms with Gasteiger partial charge in [-0.3, -0.25) is 4.79 Å². The normalized spacial score (nSPS) is 19.6. The van der Waals surface area contributed by atoms with Gasteiger partial charge in [0.15, 0.2) is 9.84 Å². The Hall–Kier alpha value is -1.40. The number of hydrogen-bond donors (Lipinski definition) is 1. The molecule has 1 aliphatic rings. The van der Waals surface area contributed by atoms with E-state index in [2.05, 4.69) is 5.32 Å². The van der Waals surface area contributed by atoms with Crippen LogP contribution in [0.25, 0.3) is 0 Å². The molecule has 2 rings (SSSR count). The standard InChI is InChI=1S/C17H25NO4S/c1-11-8-12(2)16(13(3)9-11)18-17(19)14(4)23(20,21)10-15-6-5-7-22-15/h8-9,14-15H,5-7,10H2,1-4H3,(H,18,19)/t14-,15+/m1/s1. The van der Waals surface area contributed by atoms with Crippen molar-refractivity contribution < 1.29 is 17.9 Å². The third kappa shape index (κ3) is 4.32. The van der Waals surface area contributed by atoms with E-state index in [1.165, 1.54) is 6.92 Å². The van der Waals surface area contributed by atoms with Gasteiger partial charge < -0.3 is 10.1 Å². The summed E-state index contributed by atoms with van der Waals surface area (Å²) in [7, 11) is -3.53. The molecule has 1 aliphatic heterocycles. The molecule has 0 bridgehead atoms. The average Bonchev–Trinajstić information content (AvgIpc) is 2.93.